The van der Waals surface area contributed by atoms with Crippen LogP contribution in [-0.4, -0.2) is 38.9 Å². The number of carbonyl (C=O) groups excluding carboxylic acids is 1. The van der Waals surface area contributed by atoms with Crippen molar-refractivity contribution in [3.05, 3.63) is 29.6 Å². The Morgan fingerprint density at radius 2 is 2.10 bits per heavy atom. The van der Waals surface area contributed by atoms with E-state index in [2.05, 4.69) is 4.72 Å². The molecular weight excluding hydrogens is 297 g/mol. The van der Waals surface area contributed by atoms with Crippen molar-refractivity contribution >= 4 is 15.9 Å². The number of hydrogen-bond acceptors (Lipinski definition) is 4. The molecule has 0 fully saturated rings. The molecule has 0 saturated carbocycles. The van der Waals surface area contributed by atoms with Gasteiger partial charge in [0.15, 0.2) is 0 Å². The molecule has 0 aliphatic rings. The Hall–Kier alpha value is -1.51. The number of nitrogens with zero attached hydrogens (tertiary/aromatic N) is 1. The SMILES string of the molecule is CCN(C)C(=O)C(C)NS(=O)(=O)c1ccc(F)c(CN)c1. The molecule has 0 aliphatic carbocycles. The third kappa shape index (κ3) is 4.23. The zero-order valence-electron chi connectivity index (χ0n) is 12.3. The molecule has 0 radical (unpaired) electrons. The van der Waals surface area contributed by atoms with Crippen LogP contribution in [0.5, 0.6) is 0 Å². The van der Waals surface area contributed by atoms with Gasteiger partial charge in [-0.1, -0.05) is 0 Å². The lowest BCUT2D eigenvalue weighted by Crippen LogP contribution is -2.45. The number of sulfonamides is 1. The summed E-state index contributed by atoms with van der Waals surface area (Å²) < 4.78 is 40.0. The second kappa shape index (κ2) is 6.97. The summed E-state index contributed by atoms with van der Waals surface area (Å²) in [5.74, 6) is -0.909. The average Bonchev–Trinajstić information content (AvgIpc) is 2.45. The van der Waals surface area contributed by atoms with Crippen molar-refractivity contribution in [1.29, 1.82) is 0 Å². The highest BCUT2D eigenvalue weighted by Crippen LogP contribution is 2.15. The molecule has 0 aliphatic heterocycles. The molecule has 1 atom stereocenters. The summed E-state index contributed by atoms with van der Waals surface area (Å²) in [5.41, 5.74) is 5.45. The number of likely N-dealkylation sites (N-methyl/N-ethyl adjacent to an activating group) is 1. The molecule has 0 aromatic heterocycles. The zero-order valence-corrected chi connectivity index (χ0v) is 13.1. The molecule has 3 N–H and O–H groups in total. The minimum Gasteiger partial charge on any atom is -0.345 e. The van der Waals surface area contributed by atoms with Gasteiger partial charge in [-0.25, -0.2) is 12.8 Å². The first kappa shape index (κ1) is 17.5. The molecule has 8 heteroatoms. The van der Waals surface area contributed by atoms with Gasteiger partial charge in [0.25, 0.3) is 0 Å². The molecule has 1 aromatic rings. The van der Waals surface area contributed by atoms with Gasteiger partial charge >= 0.3 is 0 Å². The predicted octanol–water partition coefficient (Wildman–Crippen LogP) is 0.430. The molecular formula is C13H20FN3O3S. The topological polar surface area (TPSA) is 92.5 Å². The number of hydrogen-bond donors (Lipinski definition) is 2. The highest BCUT2D eigenvalue weighted by atomic mass is 32.2. The van der Waals surface area contributed by atoms with E-state index in [4.69, 9.17) is 5.73 Å². The number of rotatable bonds is 6. The maximum Gasteiger partial charge on any atom is 0.241 e. The Morgan fingerprint density at radius 3 is 2.62 bits per heavy atom. The highest BCUT2D eigenvalue weighted by Gasteiger charge is 2.24. The number of carbonyl (C=O) groups is 1. The van der Waals surface area contributed by atoms with Gasteiger partial charge in [0.2, 0.25) is 15.9 Å². The van der Waals surface area contributed by atoms with Crippen LogP contribution in [0.25, 0.3) is 0 Å². The number of benzene rings is 1. The first-order valence-corrected chi connectivity index (χ1v) is 7.97. The molecule has 0 spiro atoms. The average molecular weight is 317 g/mol. The van der Waals surface area contributed by atoms with Crippen molar-refractivity contribution in [1.82, 2.24) is 9.62 Å². The smallest absolute Gasteiger partial charge is 0.241 e. The summed E-state index contributed by atoms with van der Waals surface area (Å²) in [4.78, 5) is 13.2. The maximum atomic E-state index is 13.3. The normalized spacial score (nSPS) is 13.0. The number of nitrogens with one attached hydrogen (secondary N) is 1. The van der Waals surface area contributed by atoms with E-state index in [1.807, 2.05) is 0 Å². The predicted molar refractivity (Wildman–Crippen MR) is 77.4 cm³/mol. The van der Waals surface area contributed by atoms with Gasteiger partial charge in [-0.15, -0.1) is 0 Å². The van der Waals surface area contributed by atoms with Gasteiger partial charge < -0.3 is 10.6 Å². The fourth-order valence-corrected chi connectivity index (χ4v) is 2.96. The van der Waals surface area contributed by atoms with Crippen LogP contribution in [0.4, 0.5) is 4.39 Å². The van der Waals surface area contributed by atoms with E-state index in [1.54, 1.807) is 14.0 Å². The molecule has 0 saturated heterocycles. The van der Waals surface area contributed by atoms with Gasteiger partial charge in [0.05, 0.1) is 10.9 Å². The Morgan fingerprint density at radius 1 is 1.48 bits per heavy atom. The summed E-state index contributed by atoms with van der Waals surface area (Å²) in [6.07, 6.45) is 0. The van der Waals surface area contributed by atoms with Crippen molar-refractivity contribution in [2.45, 2.75) is 31.3 Å². The van der Waals surface area contributed by atoms with Crippen LogP contribution < -0.4 is 10.5 Å². The monoisotopic (exact) mass is 317 g/mol. The van der Waals surface area contributed by atoms with Crippen LogP contribution in [0.2, 0.25) is 0 Å². The van der Waals surface area contributed by atoms with Crippen molar-refractivity contribution in [2.75, 3.05) is 13.6 Å². The summed E-state index contributed by atoms with van der Waals surface area (Å²) in [6.45, 7) is 3.60. The van der Waals surface area contributed by atoms with Gasteiger partial charge in [-0.3, -0.25) is 4.79 Å². The van der Waals surface area contributed by atoms with E-state index < -0.39 is 21.9 Å². The third-order valence-corrected chi connectivity index (χ3v) is 4.64. The van der Waals surface area contributed by atoms with Crippen LogP contribution in [0.15, 0.2) is 23.1 Å². The first-order valence-electron chi connectivity index (χ1n) is 6.48. The Kier molecular flexibility index (Phi) is 5.82. The number of amides is 1. The highest BCUT2D eigenvalue weighted by molar-refractivity contribution is 7.89. The molecule has 0 bridgehead atoms. The largest absolute Gasteiger partial charge is 0.345 e. The van der Waals surface area contributed by atoms with Crippen molar-refractivity contribution in [3.8, 4) is 0 Å². The maximum absolute atomic E-state index is 13.3. The minimum atomic E-state index is -3.92. The molecule has 1 rings (SSSR count). The van der Waals surface area contributed by atoms with Crippen molar-refractivity contribution < 1.29 is 17.6 Å². The summed E-state index contributed by atoms with van der Waals surface area (Å²) in [7, 11) is -2.33. The summed E-state index contributed by atoms with van der Waals surface area (Å²) in [6, 6.07) is 2.43. The third-order valence-electron chi connectivity index (χ3n) is 3.10. The van der Waals surface area contributed by atoms with Crippen molar-refractivity contribution in [3.63, 3.8) is 0 Å². The fourth-order valence-electron chi connectivity index (χ4n) is 1.71. The standard InChI is InChI=1S/C13H20FN3O3S/c1-4-17(3)13(18)9(2)16-21(19,20)11-5-6-12(14)10(7-11)8-15/h5-7,9,16H,4,8,15H2,1-3H3. The molecule has 1 aromatic carbocycles. The molecule has 1 unspecified atom stereocenters. The van der Waals surface area contributed by atoms with E-state index >= 15 is 0 Å². The first-order chi connectivity index (χ1) is 9.72. The Bertz CT molecular complexity index is 619. The van der Waals surface area contributed by atoms with E-state index in [1.165, 1.54) is 17.9 Å². The number of halogens is 1. The quantitative estimate of drug-likeness (QED) is 0.796. The van der Waals surface area contributed by atoms with E-state index in [9.17, 15) is 17.6 Å². The number of nitrogens with two attached hydrogens (primary N) is 1. The lowest BCUT2D eigenvalue weighted by Gasteiger charge is -2.20. The van der Waals surface area contributed by atoms with Crippen LogP contribution in [-0.2, 0) is 21.4 Å². The lowest BCUT2D eigenvalue weighted by molar-refractivity contribution is -0.131. The Labute approximate surface area is 124 Å². The molecule has 0 heterocycles. The zero-order chi connectivity index (χ0) is 16.2. The van der Waals surface area contributed by atoms with Gasteiger partial charge in [-0.05, 0) is 32.0 Å². The lowest BCUT2D eigenvalue weighted by atomic mass is 10.2. The van der Waals surface area contributed by atoms with Gasteiger partial charge in [0.1, 0.15) is 5.82 Å². The van der Waals surface area contributed by atoms with Crippen molar-refractivity contribution in [2.24, 2.45) is 5.73 Å². The van der Waals surface area contributed by atoms with E-state index in [0.29, 0.717) is 6.54 Å². The molecule has 6 nitrogen and oxygen atoms in total. The van der Waals surface area contributed by atoms with Crippen LogP contribution in [0, 0.1) is 5.82 Å². The summed E-state index contributed by atoms with van der Waals surface area (Å²) >= 11 is 0. The fraction of sp³-hybridized carbons (Fsp3) is 0.462. The van der Waals surface area contributed by atoms with Crippen LogP contribution >= 0.6 is 0 Å². The van der Waals surface area contributed by atoms with E-state index in [0.717, 1.165) is 12.1 Å². The molecule has 118 valence electrons. The second-order valence-corrected chi connectivity index (χ2v) is 6.37. The summed E-state index contributed by atoms with van der Waals surface area (Å²) in [5, 5.41) is 0. The van der Waals surface area contributed by atoms with E-state index in [-0.39, 0.29) is 22.9 Å². The Balaban J connectivity index is 2.99. The van der Waals surface area contributed by atoms with Crippen LogP contribution in [0.3, 0.4) is 0 Å². The second-order valence-electron chi connectivity index (χ2n) is 4.65. The molecule has 1 amide bonds. The van der Waals surface area contributed by atoms with Gasteiger partial charge in [-0.2, -0.15) is 4.72 Å². The molecule has 21 heavy (non-hydrogen) atoms. The minimum absolute atomic E-state index is 0.0996. The van der Waals surface area contributed by atoms with Crippen LogP contribution in [0.1, 0.15) is 19.4 Å². The van der Waals surface area contributed by atoms with Gasteiger partial charge in [0, 0.05) is 25.7 Å².